The molecule has 0 unspecified atom stereocenters. The Morgan fingerprint density at radius 1 is 1.09 bits per heavy atom. The van der Waals surface area contributed by atoms with Gasteiger partial charge in [-0.1, -0.05) is 48.5 Å². The summed E-state index contributed by atoms with van der Waals surface area (Å²) in [7, 11) is 1.32. The number of hydrogen-bond donors (Lipinski definition) is 2. The van der Waals surface area contributed by atoms with Crippen LogP contribution in [-0.4, -0.2) is 59.9 Å². The fourth-order valence-corrected chi connectivity index (χ4v) is 4.59. The Balaban J connectivity index is 1.25. The number of aromatic nitrogens is 1. The van der Waals surface area contributed by atoms with E-state index in [0.717, 1.165) is 16.2 Å². The molecule has 176 valence electrons. The average molecular weight is 482 g/mol. The van der Waals surface area contributed by atoms with Crippen LogP contribution in [0.1, 0.15) is 32.5 Å². The Kier molecular flexibility index (Phi) is 7.19. The molecule has 1 aromatic heterocycles. The van der Waals surface area contributed by atoms with E-state index < -0.39 is 24.6 Å². The van der Waals surface area contributed by atoms with E-state index in [2.05, 4.69) is 34.6 Å². The van der Waals surface area contributed by atoms with E-state index in [1.165, 1.54) is 29.5 Å². The zero-order valence-electron chi connectivity index (χ0n) is 18.4. The summed E-state index contributed by atoms with van der Waals surface area (Å²) >= 11 is 1.27. The maximum absolute atomic E-state index is 12.3. The molecule has 0 saturated carbocycles. The topological polar surface area (TPSA) is 118 Å². The molecule has 3 aromatic rings. The molecule has 2 amide bonds. The lowest BCUT2D eigenvalue weighted by atomic mass is 9.98. The fraction of sp³-hybridized carbons (Fsp3) is 0.250. The lowest BCUT2D eigenvalue weighted by Gasteiger charge is -2.14. The van der Waals surface area contributed by atoms with Gasteiger partial charge in [-0.2, -0.15) is 0 Å². The van der Waals surface area contributed by atoms with Gasteiger partial charge in [-0.3, -0.25) is 9.63 Å². The number of ether oxygens (including phenoxy) is 1. The molecule has 0 spiro atoms. The minimum atomic E-state index is -1.18. The number of carbonyl (C=O) groups is 3. The molecule has 10 heteroatoms. The van der Waals surface area contributed by atoms with Crippen molar-refractivity contribution in [3.63, 3.8) is 0 Å². The molecule has 0 bridgehead atoms. The number of benzene rings is 2. The first kappa shape index (κ1) is 23.4. The summed E-state index contributed by atoms with van der Waals surface area (Å²) in [5.41, 5.74) is 4.78. The third kappa shape index (κ3) is 5.24. The minimum absolute atomic E-state index is 0.00832. The van der Waals surface area contributed by atoms with Gasteiger partial charge >= 0.3 is 12.1 Å². The van der Waals surface area contributed by atoms with Crippen LogP contribution in [0.15, 0.2) is 53.9 Å². The molecule has 0 atom stereocenters. The van der Waals surface area contributed by atoms with Crippen LogP contribution in [-0.2, 0) is 20.8 Å². The van der Waals surface area contributed by atoms with Gasteiger partial charge in [-0.15, -0.1) is 11.3 Å². The first-order valence-corrected chi connectivity index (χ1v) is 11.5. The zero-order valence-corrected chi connectivity index (χ0v) is 19.2. The molecule has 4 rings (SSSR count). The Labute approximate surface area is 199 Å². The van der Waals surface area contributed by atoms with Gasteiger partial charge in [0.25, 0.3) is 5.91 Å². The smallest absolute Gasteiger partial charge is 0.407 e. The van der Waals surface area contributed by atoms with Gasteiger partial charge in [-0.05, 0) is 22.3 Å². The van der Waals surface area contributed by atoms with Crippen molar-refractivity contribution in [1.82, 2.24) is 15.4 Å². The lowest BCUT2D eigenvalue weighted by Crippen LogP contribution is -2.30. The van der Waals surface area contributed by atoms with Crippen molar-refractivity contribution in [2.75, 3.05) is 26.8 Å². The van der Waals surface area contributed by atoms with E-state index in [9.17, 15) is 14.4 Å². The van der Waals surface area contributed by atoms with Crippen molar-refractivity contribution < 1.29 is 29.1 Å². The molecule has 0 radical (unpaired) electrons. The van der Waals surface area contributed by atoms with Crippen molar-refractivity contribution in [3.05, 3.63) is 75.7 Å². The number of hydrogen-bond acceptors (Lipinski definition) is 7. The first-order chi connectivity index (χ1) is 16.4. The van der Waals surface area contributed by atoms with E-state index in [1.54, 1.807) is 5.38 Å². The third-order valence-electron chi connectivity index (χ3n) is 5.39. The second-order valence-electron chi connectivity index (χ2n) is 7.60. The highest BCUT2D eigenvalue weighted by molar-refractivity contribution is 7.09. The molecule has 1 aliphatic rings. The van der Waals surface area contributed by atoms with Gasteiger partial charge in [0, 0.05) is 31.3 Å². The largest absolute Gasteiger partial charge is 0.479 e. The highest BCUT2D eigenvalue weighted by Gasteiger charge is 2.29. The van der Waals surface area contributed by atoms with Crippen molar-refractivity contribution in [2.24, 2.45) is 0 Å². The number of hydroxylamine groups is 2. The SMILES string of the molecule is CN(OCC(=O)O)C(=O)c1csc(CCNC(=O)OCC2c3ccccc3-c3ccccc32)n1. The van der Waals surface area contributed by atoms with E-state index >= 15 is 0 Å². The molecule has 0 saturated heterocycles. The molecule has 1 aliphatic carbocycles. The molecule has 1 heterocycles. The summed E-state index contributed by atoms with van der Waals surface area (Å²) in [6, 6.07) is 16.3. The van der Waals surface area contributed by atoms with Crippen LogP contribution in [0.4, 0.5) is 4.79 Å². The number of aliphatic carboxylic acids is 1. The van der Waals surface area contributed by atoms with Gasteiger partial charge in [0.15, 0.2) is 6.61 Å². The van der Waals surface area contributed by atoms with Gasteiger partial charge in [-0.25, -0.2) is 19.6 Å². The van der Waals surface area contributed by atoms with Crippen LogP contribution < -0.4 is 5.32 Å². The van der Waals surface area contributed by atoms with E-state index in [1.807, 2.05) is 24.3 Å². The molecular weight excluding hydrogens is 458 g/mol. The van der Waals surface area contributed by atoms with Gasteiger partial charge in [0.1, 0.15) is 12.3 Å². The number of carboxylic acids is 1. The number of thiazole rings is 1. The molecule has 0 fully saturated rings. The minimum Gasteiger partial charge on any atom is -0.479 e. The molecule has 34 heavy (non-hydrogen) atoms. The summed E-state index contributed by atoms with van der Waals surface area (Å²) in [5, 5.41) is 14.4. The maximum atomic E-state index is 12.3. The summed E-state index contributed by atoms with van der Waals surface area (Å²) < 4.78 is 5.51. The van der Waals surface area contributed by atoms with Gasteiger partial charge in [0.05, 0.1) is 5.01 Å². The van der Waals surface area contributed by atoms with Crippen molar-refractivity contribution in [1.29, 1.82) is 0 Å². The number of fused-ring (bicyclic) bond motifs is 3. The zero-order chi connectivity index (χ0) is 24.1. The van der Waals surface area contributed by atoms with Gasteiger partial charge < -0.3 is 15.2 Å². The number of amides is 2. The first-order valence-electron chi connectivity index (χ1n) is 10.6. The molecule has 0 aliphatic heterocycles. The highest BCUT2D eigenvalue weighted by atomic mass is 32.1. The number of rotatable bonds is 9. The summed E-state index contributed by atoms with van der Waals surface area (Å²) in [5.74, 6) is -1.74. The van der Waals surface area contributed by atoms with E-state index in [4.69, 9.17) is 14.7 Å². The Morgan fingerprint density at radius 3 is 2.38 bits per heavy atom. The predicted octanol–water partition coefficient (Wildman–Crippen LogP) is 3.31. The molecule has 9 nitrogen and oxygen atoms in total. The highest BCUT2D eigenvalue weighted by Crippen LogP contribution is 2.44. The number of alkyl carbamates (subject to hydrolysis) is 1. The summed E-state index contributed by atoms with van der Waals surface area (Å²) in [6.07, 6.45) is -0.0986. The molecular formula is C24H23N3O6S. The monoisotopic (exact) mass is 481 g/mol. The van der Waals surface area contributed by atoms with Crippen LogP contribution in [0.25, 0.3) is 11.1 Å². The standard InChI is InChI=1S/C24H23N3O6S/c1-27(33-13-22(28)29)23(30)20-14-34-21(26-20)10-11-25-24(31)32-12-19-17-8-4-2-6-15(17)16-7-3-5-9-18(16)19/h2-9,14,19H,10-13H2,1H3,(H,25,31)(H,28,29). The van der Waals surface area contributed by atoms with E-state index in [-0.39, 0.29) is 18.2 Å². The van der Waals surface area contributed by atoms with Crippen LogP contribution in [0.5, 0.6) is 0 Å². The Bertz CT molecular complexity index is 1170. The average Bonchev–Trinajstić information content (AvgIpc) is 3.43. The second kappa shape index (κ2) is 10.4. The number of carbonyl (C=O) groups excluding carboxylic acids is 2. The second-order valence-corrected chi connectivity index (χ2v) is 8.54. The summed E-state index contributed by atoms with van der Waals surface area (Å²) in [6.45, 7) is -0.0924. The number of carboxylic acid groups (broad SMARTS) is 1. The van der Waals surface area contributed by atoms with Crippen molar-refractivity contribution >= 4 is 29.3 Å². The normalized spacial score (nSPS) is 12.0. The van der Waals surface area contributed by atoms with Crippen LogP contribution in [0.2, 0.25) is 0 Å². The van der Waals surface area contributed by atoms with E-state index in [0.29, 0.717) is 18.0 Å². The van der Waals surface area contributed by atoms with Crippen LogP contribution >= 0.6 is 11.3 Å². The van der Waals surface area contributed by atoms with Crippen molar-refractivity contribution in [2.45, 2.75) is 12.3 Å². The molecule has 2 N–H and O–H groups in total. The van der Waals surface area contributed by atoms with Gasteiger partial charge in [0.2, 0.25) is 0 Å². The quantitative estimate of drug-likeness (QED) is 0.450. The lowest BCUT2D eigenvalue weighted by molar-refractivity contribution is -0.159. The van der Waals surface area contributed by atoms with Crippen molar-refractivity contribution in [3.8, 4) is 11.1 Å². The van der Waals surface area contributed by atoms with Crippen LogP contribution in [0.3, 0.4) is 0 Å². The molecule has 2 aromatic carbocycles. The fourth-order valence-electron chi connectivity index (χ4n) is 3.82. The number of nitrogens with zero attached hydrogens (tertiary/aromatic N) is 2. The Hall–Kier alpha value is -3.76. The predicted molar refractivity (Wildman–Crippen MR) is 125 cm³/mol. The number of nitrogens with one attached hydrogen (secondary N) is 1. The third-order valence-corrected chi connectivity index (χ3v) is 6.30. The maximum Gasteiger partial charge on any atom is 0.407 e. The summed E-state index contributed by atoms with van der Waals surface area (Å²) in [4.78, 5) is 44.1. The Morgan fingerprint density at radius 2 is 1.74 bits per heavy atom. The van der Waals surface area contributed by atoms with Crippen LogP contribution in [0, 0.1) is 0 Å².